The maximum Gasteiger partial charge on any atom is 0.408 e. The molecule has 7 nitrogen and oxygen atoms in total. The molecular formula is C28H35ClN2O5. The fourth-order valence-electron chi connectivity index (χ4n) is 5.16. The molecule has 3 aliphatic rings. The molecule has 0 aliphatic carbocycles. The number of esters is 1. The molecule has 3 saturated heterocycles. The number of quaternary nitrogens is 1. The number of piperidine rings is 3. The van der Waals surface area contributed by atoms with E-state index in [0.717, 1.165) is 25.9 Å². The molecule has 3 heterocycles. The van der Waals surface area contributed by atoms with Gasteiger partial charge in [0.1, 0.15) is 18.7 Å². The van der Waals surface area contributed by atoms with Crippen LogP contribution in [0.3, 0.4) is 0 Å². The number of ketones is 1. The molecule has 194 valence electrons. The summed E-state index contributed by atoms with van der Waals surface area (Å²) in [6, 6.07) is 17.4. The van der Waals surface area contributed by atoms with E-state index in [1.54, 1.807) is 32.9 Å². The van der Waals surface area contributed by atoms with Crippen molar-refractivity contribution in [3.05, 3.63) is 71.8 Å². The van der Waals surface area contributed by atoms with Crippen molar-refractivity contribution in [2.75, 3.05) is 26.2 Å². The molecule has 2 aromatic carbocycles. The highest BCUT2D eigenvalue weighted by molar-refractivity contribution is 5.97. The van der Waals surface area contributed by atoms with Crippen LogP contribution >= 0.6 is 0 Å². The molecule has 2 aromatic rings. The van der Waals surface area contributed by atoms with Crippen molar-refractivity contribution in [2.45, 2.75) is 51.4 Å². The predicted molar refractivity (Wildman–Crippen MR) is 132 cm³/mol. The van der Waals surface area contributed by atoms with Gasteiger partial charge in [-0.2, -0.15) is 0 Å². The lowest BCUT2D eigenvalue weighted by Gasteiger charge is -2.51. The van der Waals surface area contributed by atoms with Crippen LogP contribution in [-0.4, -0.2) is 60.2 Å². The molecule has 2 bridgehead atoms. The van der Waals surface area contributed by atoms with Gasteiger partial charge in [0.15, 0.2) is 12.1 Å². The highest BCUT2D eigenvalue weighted by Gasteiger charge is 2.49. The van der Waals surface area contributed by atoms with E-state index in [-0.39, 0.29) is 30.2 Å². The maximum atomic E-state index is 13.4. The Morgan fingerprint density at radius 3 is 2.14 bits per heavy atom. The number of benzene rings is 2. The number of hydrogen-bond donors (Lipinski definition) is 1. The molecule has 1 N–H and O–H groups in total. The summed E-state index contributed by atoms with van der Waals surface area (Å²) in [5.41, 5.74) is 0.659. The van der Waals surface area contributed by atoms with Gasteiger partial charge >= 0.3 is 12.1 Å². The Morgan fingerprint density at radius 1 is 0.972 bits per heavy atom. The highest BCUT2D eigenvalue weighted by Crippen LogP contribution is 2.36. The first kappa shape index (κ1) is 27.7. The van der Waals surface area contributed by atoms with Gasteiger partial charge in [-0.05, 0) is 26.3 Å². The number of carbonyl (C=O) groups excluding carboxylic acids is 3. The summed E-state index contributed by atoms with van der Waals surface area (Å²) in [6.07, 6.45) is 0.861. The van der Waals surface area contributed by atoms with E-state index < -0.39 is 23.7 Å². The number of rotatable bonds is 7. The maximum absolute atomic E-state index is 13.4. The summed E-state index contributed by atoms with van der Waals surface area (Å²) in [6.45, 7) is 8.16. The minimum atomic E-state index is -0.971. The Balaban J connectivity index is 0.00000361. The summed E-state index contributed by atoms with van der Waals surface area (Å²) in [7, 11) is 0. The zero-order valence-electron chi connectivity index (χ0n) is 21.1. The minimum Gasteiger partial charge on any atom is -1.00 e. The summed E-state index contributed by atoms with van der Waals surface area (Å²) in [5, 5.41) is 2.69. The first-order valence-electron chi connectivity index (χ1n) is 12.3. The van der Waals surface area contributed by atoms with Crippen molar-refractivity contribution in [1.82, 2.24) is 5.32 Å². The SMILES string of the molecule is CC(C)(C)OC(=O)NC(C(=O)O[C@H]1C[N+]2(CC(=O)c3ccccc3)CCC1CC2)c1ccccc1.[Cl-]. The second-order valence-corrected chi connectivity index (χ2v) is 10.7. The molecule has 0 saturated carbocycles. The van der Waals surface area contributed by atoms with Crippen LogP contribution in [0, 0.1) is 5.92 Å². The molecule has 2 atom stereocenters. The van der Waals surface area contributed by atoms with Gasteiger partial charge < -0.3 is 31.7 Å². The van der Waals surface area contributed by atoms with Gasteiger partial charge in [0.25, 0.3) is 0 Å². The van der Waals surface area contributed by atoms with Crippen molar-refractivity contribution in [3.63, 3.8) is 0 Å². The van der Waals surface area contributed by atoms with Gasteiger partial charge in [-0.3, -0.25) is 4.79 Å². The quantitative estimate of drug-likeness (QED) is 0.342. The van der Waals surface area contributed by atoms with E-state index >= 15 is 0 Å². The number of halogens is 1. The van der Waals surface area contributed by atoms with Gasteiger partial charge in [0.2, 0.25) is 5.78 Å². The van der Waals surface area contributed by atoms with Crippen LogP contribution < -0.4 is 17.7 Å². The second-order valence-electron chi connectivity index (χ2n) is 10.7. The van der Waals surface area contributed by atoms with E-state index in [4.69, 9.17) is 9.47 Å². The van der Waals surface area contributed by atoms with Crippen molar-refractivity contribution in [2.24, 2.45) is 5.92 Å². The predicted octanol–water partition coefficient (Wildman–Crippen LogP) is 1.29. The van der Waals surface area contributed by atoms with Crippen LogP contribution in [0.5, 0.6) is 0 Å². The van der Waals surface area contributed by atoms with Crippen LogP contribution in [0.15, 0.2) is 60.7 Å². The summed E-state index contributed by atoms with van der Waals surface area (Å²) in [5.74, 6) is -0.123. The Hall–Kier alpha value is -2.90. The van der Waals surface area contributed by atoms with E-state index in [0.29, 0.717) is 28.7 Å². The van der Waals surface area contributed by atoms with Crippen molar-refractivity contribution in [1.29, 1.82) is 0 Å². The number of Topliss-reactive ketones (excluding diaryl/α,β-unsaturated/α-hetero) is 1. The normalized spacial score (nSPS) is 23.6. The lowest BCUT2D eigenvalue weighted by Crippen LogP contribution is -3.00. The molecule has 1 amide bonds. The first-order chi connectivity index (χ1) is 16.6. The van der Waals surface area contributed by atoms with Crippen LogP contribution in [-0.2, 0) is 14.3 Å². The molecule has 3 fully saturated rings. The van der Waals surface area contributed by atoms with Crippen LogP contribution in [0.4, 0.5) is 4.79 Å². The Kier molecular flexibility index (Phi) is 8.80. The molecule has 3 aliphatic heterocycles. The molecule has 0 aromatic heterocycles. The van der Waals surface area contributed by atoms with E-state index in [1.807, 2.05) is 48.5 Å². The van der Waals surface area contributed by atoms with Gasteiger partial charge in [-0.25, -0.2) is 9.59 Å². The summed E-state index contributed by atoms with van der Waals surface area (Å²) < 4.78 is 12.1. The average Bonchev–Trinajstić information content (AvgIpc) is 2.83. The molecule has 8 heteroatoms. The number of nitrogens with zero attached hydrogens (tertiary/aromatic N) is 1. The fourth-order valence-corrected chi connectivity index (χ4v) is 5.16. The lowest BCUT2D eigenvalue weighted by molar-refractivity contribution is -0.938. The Labute approximate surface area is 219 Å². The van der Waals surface area contributed by atoms with Crippen LogP contribution in [0.2, 0.25) is 0 Å². The van der Waals surface area contributed by atoms with Gasteiger partial charge in [0, 0.05) is 24.3 Å². The number of ether oxygens (including phenoxy) is 2. The van der Waals surface area contributed by atoms with E-state index in [9.17, 15) is 14.4 Å². The Morgan fingerprint density at radius 2 is 1.56 bits per heavy atom. The van der Waals surface area contributed by atoms with Crippen LogP contribution in [0.25, 0.3) is 0 Å². The molecule has 36 heavy (non-hydrogen) atoms. The zero-order valence-corrected chi connectivity index (χ0v) is 21.9. The molecule has 0 radical (unpaired) electrons. The largest absolute Gasteiger partial charge is 1.00 e. The molecule has 0 spiro atoms. The highest BCUT2D eigenvalue weighted by atomic mass is 35.5. The van der Waals surface area contributed by atoms with E-state index in [1.165, 1.54) is 0 Å². The topological polar surface area (TPSA) is 81.7 Å². The number of nitrogens with one attached hydrogen (secondary N) is 1. The zero-order chi connectivity index (χ0) is 25.1. The third-order valence-corrected chi connectivity index (χ3v) is 6.91. The smallest absolute Gasteiger partial charge is 0.408 e. The number of carbonyl (C=O) groups is 3. The Bertz CT molecular complexity index is 1050. The van der Waals surface area contributed by atoms with Gasteiger partial charge in [0.05, 0.1) is 13.1 Å². The molecule has 1 unspecified atom stereocenters. The number of alkyl carbamates (subject to hydrolysis) is 1. The second kappa shape index (κ2) is 11.4. The van der Waals surface area contributed by atoms with E-state index in [2.05, 4.69) is 5.32 Å². The fraction of sp³-hybridized carbons (Fsp3) is 0.464. The van der Waals surface area contributed by atoms with Crippen molar-refractivity contribution >= 4 is 17.8 Å². The van der Waals surface area contributed by atoms with Crippen molar-refractivity contribution < 1.29 is 40.7 Å². The standard InChI is InChI=1S/C28H34N2O5.ClH/c1-28(2,3)35-27(33)29-25(22-12-8-5-9-13-22)26(32)34-24-19-30(16-14-21(24)15-17-30)18-23(31)20-10-6-4-7-11-20;/h4-13,21,24-25H,14-19H2,1-3H3;1H/t21?,24-,25?,30?;/m0./s1. The molecular weight excluding hydrogens is 480 g/mol. The number of fused-ring (bicyclic) bond motifs is 3. The first-order valence-corrected chi connectivity index (χ1v) is 12.3. The average molecular weight is 515 g/mol. The van der Waals surface area contributed by atoms with Crippen molar-refractivity contribution in [3.8, 4) is 0 Å². The third kappa shape index (κ3) is 6.86. The number of amides is 1. The monoisotopic (exact) mass is 514 g/mol. The van der Waals surface area contributed by atoms with Crippen LogP contribution in [0.1, 0.15) is 55.6 Å². The molecule has 5 rings (SSSR count). The summed E-state index contributed by atoms with van der Waals surface area (Å²) >= 11 is 0. The lowest BCUT2D eigenvalue weighted by atomic mass is 9.82. The third-order valence-electron chi connectivity index (χ3n) is 6.91. The number of hydrogen-bond acceptors (Lipinski definition) is 5. The minimum absolute atomic E-state index is 0. The summed E-state index contributed by atoms with van der Waals surface area (Å²) in [4.78, 5) is 38.8. The van der Waals surface area contributed by atoms with Gasteiger partial charge in [-0.1, -0.05) is 60.7 Å². The van der Waals surface area contributed by atoms with Gasteiger partial charge in [-0.15, -0.1) is 0 Å².